The Morgan fingerprint density at radius 3 is 2.42 bits per heavy atom. The van der Waals surface area contributed by atoms with Crippen LogP contribution in [0.4, 0.5) is 5.69 Å². The molecule has 0 heterocycles. The van der Waals surface area contributed by atoms with Gasteiger partial charge in [-0.15, -0.1) is 12.4 Å². The standard InChI is InChI=1S/C12H17N3O3.ClH/c1-9(13-2)8-14-12(16)7-10-3-5-11(6-4-10)15(17)18;/h3-6,9,13H,7-8H2,1-2H3,(H,14,16);1H. The predicted octanol–water partition coefficient (Wildman–Crippen LogP) is 1.28. The van der Waals surface area contributed by atoms with Gasteiger partial charge in [0.05, 0.1) is 11.3 Å². The number of halogens is 1. The average Bonchev–Trinajstić information content (AvgIpc) is 2.36. The van der Waals surface area contributed by atoms with Gasteiger partial charge in [-0.1, -0.05) is 12.1 Å². The molecule has 7 heteroatoms. The third-order valence-electron chi connectivity index (χ3n) is 2.61. The number of likely N-dealkylation sites (N-methyl/N-ethyl adjacent to an activating group) is 1. The van der Waals surface area contributed by atoms with Gasteiger partial charge in [-0.2, -0.15) is 0 Å². The van der Waals surface area contributed by atoms with Gasteiger partial charge in [0.1, 0.15) is 0 Å². The molecule has 0 saturated heterocycles. The van der Waals surface area contributed by atoms with Crippen LogP contribution in [0, 0.1) is 10.1 Å². The Morgan fingerprint density at radius 1 is 1.37 bits per heavy atom. The van der Waals surface area contributed by atoms with Gasteiger partial charge in [0.25, 0.3) is 5.69 Å². The van der Waals surface area contributed by atoms with Crippen LogP contribution < -0.4 is 10.6 Å². The molecule has 1 unspecified atom stereocenters. The Hall–Kier alpha value is -1.66. The highest BCUT2D eigenvalue weighted by atomic mass is 35.5. The highest BCUT2D eigenvalue weighted by Crippen LogP contribution is 2.12. The molecule has 0 radical (unpaired) electrons. The lowest BCUT2D eigenvalue weighted by Crippen LogP contribution is -2.37. The number of nitrogens with zero attached hydrogens (tertiary/aromatic N) is 1. The van der Waals surface area contributed by atoms with Gasteiger partial charge in [0.2, 0.25) is 5.91 Å². The largest absolute Gasteiger partial charge is 0.354 e. The Bertz CT molecular complexity index is 423. The van der Waals surface area contributed by atoms with Crippen LogP contribution in [0.1, 0.15) is 12.5 Å². The van der Waals surface area contributed by atoms with Crippen LogP contribution in [-0.2, 0) is 11.2 Å². The minimum absolute atomic E-state index is 0. The van der Waals surface area contributed by atoms with E-state index in [0.29, 0.717) is 6.54 Å². The number of rotatable bonds is 6. The van der Waals surface area contributed by atoms with Crippen LogP contribution >= 0.6 is 12.4 Å². The first kappa shape index (κ1) is 17.3. The van der Waals surface area contributed by atoms with Crippen molar-refractivity contribution in [1.29, 1.82) is 0 Å². The summed E-state index contributed by atoms with van der Waals surface area (Å²) in [6.45, 7) is 2.52. The fourth-order valence-electron chi connectivity index (χ4n) is 1.35. The fourth-order valence-corrected chi connectivity index (χ4v) is 1.35. The van der Waals surface area contributed by atoms with Crippen LogP contribution in [0.25, 0.3) is 0 Å². The van der Waals surface area contributed by atoms with E-state index < -0.39 is 4.92 Å². The quantitative estimate of drug-likeness (QED) is 0.610. The lowest BCUT2D eigenvalue weighted by molar-refractivity contribution is -0.384. The van der Waals surface area contributed by atoms with Gasteiger partial charge < -0.3 is 10.6 Å². The molecule has 0 aromatic heterocycles. The highest BCUT2D eigenvalue weighted by molar-refractivity contribution is 5.85. The topological polar surface area (TPSA) is 84.3 Å². The zero-order valence-corrected chi connectivity index (χ0v) is 11.7. The number of hydrogen-bond acceptors (Lipinski definition) is 4. The molecule has 0 aliphatic rings. The molecular weight excluding hydrogens is 270 g/mol. The van der Waals surface area contributed by atoms with Crippen molar-refractivity contribution in [2.75, 3.05) is 13.6 Å². The second-order valence-electron chi connectivity index (χ2n) is 4.09. The summed E-state index contributed by atoms with van der Waals surface area (Å²) in [5.41, 5.74) is 0.790. The number of non-ortho nitro benzene ring substituents is 1. The summed E-state index contributed by atoms with van der Waals surface area (Å²) in [4.78, 5) is 21.6. The van der Waals surface area contributed by atoms with E-state index >= 15 is 0 Å². The second-order valence-corrected chi connectivity index (χ2v) is 4.09. The zero-order valence-electron chi connectivity index (χ0n) is 10.9. The first-order valence-corrected chi connectivity index (χ1v) is 5.70. The van der Waals surface area contributed by atoms with Crippen molar-refractivity contribution < 1.29 is 9.72 Å². The number of carbonyl (C=O) groups is 1. The van der Waals surface area contributed by atoms with Crippen molar-refractivity contribution in [3.63, 3.8) is 0 Å². The van der Waals surface area contributed by atoms with Gasteiger partial charge in [0, 0.05) is 24.7 Å². The third-order valence-corrected chi connectivity index (χ3v) is 2.61. The van der Waals surface area contributed by atoms with Crippen molar-refractivity contribution in [2.24, 2.45) is 0 Å². The Kier molecular flexibility index (Phi) is 7.71. The zero-order chi connectivity index (χ0) is 13.5. The van der Waals surface area contributed by atoms with Crippen LogP contribution in [0.15, 0.2) is 24.3 Å². The molecule has 0 bridgehead atoms. The van der Waals surface area contributed by atoms with Gasteiger partial charge in [0.15, 0.2) is 0 Å². The SMILES string of the molecule is CNC(C)CNC(=O)Cc1ccc([N+](=O)[O-])cc1.Cl. The van der Waals surface area contributed by atoms with Crippen LogP contribution in [0.3, 0.4) is 0 Å². The molecule has 1 rings (SSSR count). The normalized spacial score (nSPS) is 11.3. The molecule has 1 atom stereocenters. The maximum absolute atomic E-state index is 11.6. The molecule has 0 saturated carbocycles. The molecule has 0 spiro atoms. The smallest absolute Gasteiger partial charge is 0.269 e. The lowest BCUT2D eigenvalue weighted by atomic mass is 10.1. The summed E-state index contributed by atoms with van der Waals surface area (Å²) in [7, 11) is 1.83. The molecule has 1 aromatic carbocycles. The van der Waals surface area contributed by atoms with Gasteiger partial charge in [-0.3, -0.25) is 14.9 Å². The molecule has 1 amide bonds. The molecule has 106 valence electrons. The van der Waals surface area contributed by atoms with Gasteiger partial charge in [-0.05, 0) is 19.5 Å². The Morgan fingerprint density at radius 2 is 1.95 bits per heavy atom. The summed E-state index contributed by atoms with van der Waals surface area (Å²) in [6, 6.07) is 6.21. The number of hydrogen-bond donors (Lipinski definition) is 2. The average molecular weight is 288 g/mol. The van der Waals surface area contributed by atoms with E-state index in [1.165, 1.54) is 12.1 Å². The van der Waals surface area contributed by atoms with E-state index in [1.807, 2.05) is 14.0 Å². The number of carbonyl (C=O) groups excluding carboxylic acids is 1. The van der Waals surface area contributed by atoms with E-state index in [9.17, 15) is 14.9 Å². The van der Waals surface area contributed by atoms with Crippen LogP contribution in [0.2, 0.25) is 0 Å². The van der Waals surface area contributed by atoms with Crippen molar-refractivity contribution in [1.82, 2.24) is 10.6 Å². The van der Waals surface area contributed by atoms with Crippen molar-refractivity contribution in [2.45, 2.75) is 19.4 Å². The summed E-state index contributed by atoms with van der Waals surface area (Å²) >= 11 is 0. The number of benzene rings is 1. The first-order valence-electron chi connectivity index (χ1n) is 5.70. The number of amides is 1. The molecule has 2 N–H and O–H groups in total. The molecular formula is C12H18ClN3O3. The Balaban J connectivity index is 0.00000324. The number of nitro benzene ring substituents is 1. The fraction of sp³-hybridized carbons (Fsp3) is 0.417. The van der Waals surface area contributed by atoms with Crippen molar-refractivity contribution >= 4 is 24.0 Å². The molecule has 19 heavy (non-hydrogen) atoms. The third kappa shape index (κ3) is 6.17. The first-order chi connectivity index (χ1) is 8.52. The van der Waals surface area contributed by atoms with Crippen LogP contribution in [0.5, 0.6) is 0 Å². The maximum atomic E-state index is 11.6. The number of nitrogens with one attached hydrogen (secondary N) is 2. The molecule has 0 aliphatic heterocycles. The predicted molar refractivity (Wildman–Crippen MR) is 75.6 cm³/mol. The van der Waals surface area contributed by atoms with Crippen LogP contribution in [-0.4, -0.2) is 30.5 Å². The second kappa shape index (κ2) is 8.44. The number of nitro groups is 1. The monoisotopic (exact) mass is 287 g/mol. The van der Waals surface area contributed by atoms with Gasteiger partial charge >= 0.3 is 0 Å². The highest BCUT2D eigenvalue weighted by Gasteiger charge is 2.07. The van der Waals surface area contributed by atoms with E-state index in [-0.39, 0.29) is 36.5 Å². The minimum Gasteiger partial charge on any atom is -0.354 e. The lowest BCUT2D eigenvalue weighted by Gasteiger charge is -2.11. The summed E-state index contributed by atoms with van der Waals surface area (Å²) < 4.78 is 0. The summed E-state index contributed by atoms with van der Waals surface area (Å²) in [5.74, 6) is -0.0917. The van der Waals surface area contributed by atoms with E-state index in [0.717, 1.165) is 5.56 Å². The van der Waals surface area contributed by atoms with E-state index in [2.05, 4.69) is 10.6 Å². The molecule has 0 aliphatic carbocycles. The van der Waals surface area contributed by atoms with Crippen molar-refractivity contribution in [3.05, 3.63) is 39.9 Å². The van der Waals surface area contributed by atoms with E-state index in [1.54, 1.807) is 12.1 Å². The maximum Gasteiger partial charge on any atom is 0.269 e. The summed E-state index contributed by atoms with van der Waals surface area (Å²) in [5, 5.41) is 16.3. The Labute approximate surface area is 118 Å². The van der Waals surface area contributed by atoms with E-state index in [4.69, 9.17) is 0 Å². The van der Waals surface area contributed by atoms with Crippen molar-refractivity contribution in [3.8, 4) is 0 Å². The molecule has 6 nitrogen and oxygen atoms in total. The molecule has 1 aromatic rings. The summed E-state index contributed by atoms with van der Waals surface area (Å²) in [6.07, 6.45) is 0.231. The molecule has 0 fully saturated rings. The van der Waals surface area contributed by atoms with Gasteiger partial charge in [-0.25, -0.2) is 0 Å². The minimum atomic E-state index is -0.460.